The minimum atomic E-state index is 0.143. The van der Waals surface area contributed by atoms with Crippen molar-refractivity contribution in [2.45, 2.75) is 25.9 Å². The summed E-state index contributed by atoms with van der Waals surface area (Å²) in [6.07, 6.45) is 3.91. The second-order valence-electron chi connectivity index (χ2n) is 4.07. The number of carbonyl (C=O) groups is 1. The fourth-order valence-corrected chi connectivity index (χ4v) is 2.14. The second-order valence-corrected chi connectivity index (χ2v) is 4.07. The highest BCUT2D eigenvalue weighted by atomic mass is 16.5. The highest BCUT2D eigenvalue weighted by Gasteiger charge is 2.21. The Morgan fingerprint density at radius 1 is 1.47 bits per heavy atom. The van der Waals surface area contributed by atoms with E-state index in [0.29, 0.717) is 30.2 Å². The Bertz CT molecular complexity index is 590. The van der Waals surface area contributed by atoms with Gasteiger partial charge in [0, 0.05) is 19.7 Å². The van der Waals surface area contributed by atoms with Gasteiger partial charge in [0.05, 0.1) is 11.3 Å². The van der Waals surface area contributed by atoms with E-state index in [-0.39, 0.29) is 5.78 Å². The van der Waals surface area contributed by atoms with Gasteiger partial charge in [-0.15, -0.1) is 5.10 Å². The second kappa shape index (κ2) is 3.89. The molecule has 0 radical (unpaired) electrons. The summed E-state index contributed by atoms with van der Waals surface area (Å²) in [5.74, 6) is 1.27. The number of carbonyl (C=O) groups excluding carboxylic acids is 1. The van der Waals surface area contributed by atoms with Crippen LogP contribution >= 0.6 is 0 Å². The average Bonchev–Trinajstić information content (AvgIpc) is 2.73. The lowest BCUT2D eigenvalue weighted by atomic mass is 9.96. The third kappa shape index (κ3) is 1.61. The predicted octanol–water partition coefficient (Wildman–Crippen LogP) is 0.790. The van der Waals surface area contributed by atoms with Crippen LogP contribution in [0.3, 0.4) is 0 Å². The van der Waals surface area contributed by atoms with E-state index in [9.17, 15) is 4.79 Å². The molecule has 0 atom stereocenters. The van der Waals surface area contributed by atoms with Crippen molar-refractivity contribution < 1.29 is 9.53 Å². The zero-order valence-corrected chi connectivity index (χ0v) is 9.51. The van der Waals surface area contributed by atoms with E-state index in [1.165, 1.54) is 0 Å². The Kier molecular flexibility index (Phi) is 2.36. The summed E-state index contributed by atoms with van der Waals surface area (Å²) >= 11 is 0. The van der Waals surface area contributed by atoms with E-state index >= 15 is 0 Å². The van der Waals surface area contributed by atoms with E-state index in [1.54, 1.807) is 17.8 Å². The van der Waals surface area contributed by atoms with Gasteiger partial charge in [-0.25, -0.2) is 9.50 Å². The van der Waals surface area contributed by atoms with E-state index in [0.717, 1.165) is 18.5 Å². The maximum atomic E-state index is 11.7. The van der Waals surface area contributed by atoms with Crippen LogP contribution in [-0.2, 0) is 17.8 Å². The summed E-state index contributed by atoms with van der Waals surface area (Å²) in [5.41, 5.74) is 1.60. The molecule has 0 fully saturated rings. The molecule has 17 heavy (non-hydrogen) atoms. The molecule has 0 saturated heterocycles. The molecule has 1 aliphatic rings. The lowest BCUT2D eigenvalue weighted by Gasteiger charge is -2.13. The number of hydrogen-bond donors (Lipinski definition) is 0. The number of aryl methyl sites for hydroxylation is 1. The topological polar surface area (TPSA) is 69.4 Å². The minimum Gasteiger partial charge on any atom is -0.377 e. The Morgan fingerprint density at radius 2 is 2.35 bits per heavy atom. The van der Waals surface area contributed by atoms with Crippen LogP contribution in [0.15, 0.2) is 6.20 Å². The predicted molar refractivity (Wildman–Crippen MR) is 58.8 cm³/mol. The molecular weight excluding hydrogens is 220 g/mol. The summed E-state index contributed by atoms with van der Waals surface area (Å²) in [4.78, 5) is 20.1. The van der Waals surface area contributed by atoms with Gasteiger partial charge in [0.25, 0.3) is 5.78 Å². The summed E-state index contributed by atoms with van der Waals surface area (Å²) in [5, 5.41) is 4.32. The van der Waals surface area contributed by atoms with Gasteiger partial charge in [-0.1, -0.05) is 0 Å². The van der Waals surface area contributed by atoms with E-state index < -0.39 is 0 Å². The highest BCUT2D eigenvalue weighted by Crippen LogP contribution is 2.20. The van der Waals surface area contributed by atoms with Crippen molar-refractivity contribution >= 4 is 11.6 Å². The Hall–Kier alpha value is -1.82. The molecule has 6 nitrogen and oxygen atoms in total. The first-order valence-electron chi connectivity index (χ1n) is 5.55. The third-order valence-corrected chi connectivity index (χ3v) is 2.90. The zero-order chi connectivity index (χ0) is 11.8. The molecule has 2 heterocycles. The van der Waals surface area contributed by atoms with Crippen molar-refractivity contribution in [2.75, 3.05) is 7.11 Å². The summed E-state index contributed by atoms with van der Waals surface area (Å²) < 4.78 is 6.66. The number of aromatic nitrogens is 4. The normalized spacial score (nSPS) is 15.2. The maximum Gasteiger partial charge on any atom is 0.252 e. The number of fused-ring (bicyclic) bond motifs is 3. The summed E-state index contributed by atoms with van der Waals surface area (Å²) in [7, 11) is 1.60. The standard InChI is InChI=1S/C11H12N4O2/c1-17-6-10-13-11-12-5-7-8(15(11)14-10)3-2-4-9(7)16/h5H,2-4,6H2,1H3. The summed E-state index contributed by atoms with van der Waals surface area (Å²) in [6.45, 7) is 0.353. The van der Waals surface area contributed by atoms with Gasteiger partial charge in [-0.05, 0) is 12.8 Å². The fourth-order valence-electron chi connectivity index (χ4n) is 2.14. The Labute approximate surface area is 97.6 Å². The molecule has 2 aromatic rings. The van der Waals surface area contributed by atoms with Crippen LogP contribution in [0.5, 0.6) is 0 Å². The number of rotatable bonds is 2. The van der Waals surface area contributed by atoms with Crippen LogP contribution in [0.4, 0.5) is 0 Å². The lowest BCUT2D eigenvalue weighted by molar-refractivity contribution is 0.0970. The third-order valence-electron chi connectivity index (χ3n) is 2.90. The average molecular weight is 232 g/mol. The first-order valence-corrected chi connectivity index (χ1v) is 5.55. The van der Waals surface area contributed by atoms with Gasteiger partial charge in [-0.3, -0.25) is 4.79 Å². The molecule has 0 aromatic carbocycles. The smallest absolute Gasteiger partial charge is 0.252 e. The van der Waals surface area contributed by atoms with Crippen LogP contribution < -0.4 is 0 Å². The van der Waals surface area contributed by atoms with Crippen molar-refractivity contribution in [1.29, 1.82) is 0 Å². The van der Waals surface area contributed by atoms with Crippen LogP contribution in [0.2, 0.25) is 0 Å². The molecule has 0 bridgehead atoms. The van der Waals surface area contributed by atoms with Crippen molar-refractivity contribution in [3.05, 3.63) is 23.3 Å². The molecule has 6 heteroatoms. The molecular formula is C11H12N4O2. The number of methoxy groups -OCH3 is 1. The van der Waals surface area contributed by atoms with Gasteiger partial charge in [0.1, 0.15) is 6.61 Å². The Morgan fingerprint density at radius 3 is 3.18 bits per heavy atom. The largest absolute Gasteiger partial charge is 0.377 e. The van der Waals surface area contributed by atoms with Crippen LogP contribution in [0.25, 0.3) is 5.78 Å². The van der Waals surface area contributed by atoms with E-state index in [2.05, 4.69) is 15.1 Å². The van der Waals surface area contributed by atoms with E-state index in [4.69, 9.17) is 4.74 Å². The molecule has 3 rings (SSSR count). The quantitative estimate of drug-likeness (QED) is 0.765. The monoisotopic (exact) mass is 232 g/mol. The lowest BCUT2D eigenvalue weighted by Crippen LogP contribution is -2.16. The maximum absolute atomic E-state index is 11.7. The molecule has 0 spiro atoms. The molecule has 0 saturated carbocycles. The summed E-state index contributed by atoms with van der Waals surface area (Å²) in [6, 6.07) is 0. The molecule has 88 valence electrons. The van der Waals surface area contributed by atoms with Crippen molar-refractivity contribution in [1.82, 2.24) is 19.6 Å². The van der Waals surface area contributed by atoms with Gasteiger partial charge in [-0.2, -0.15) is 4.98 Å². The minimum absolute atomic E-state index is 0.143. The van der Waals surface area contributed by atoms with Crippen LogP contribution in [-0.4, -0.2) is 32.5 Å². The number of hydrogen-bond acceptors (Lipinski definition) is 5. The first kappa shape index (κ1) is 10.3. The number of nitrogens with zero attached hydrogens (tertiary/aromatic N) is 4. The zero-order valence-electron chi connectivity index (χ0n) is 9.51. The van der Waals surface area contributed by atoms with Gasteiger partial charge in [0.2, 0.25) is 0 Å². The Balaban J connectivity index is 2.19. The number of ketones is 1. The van der Waals surface area contributed by atoms with Crippen molar-refractivity contribution in [3.63, 3.8) is 0 Å². The number of Topliss-reactive ketones (excluding diaryl/α,β-unsaturated/α-hetero) is 1. The first-order chi connectivity index (χ1) is 8.29. The number of ether oxygens (including phenoxy) is 1. The van der Waals surface area contributed by atoms with Gasteiger partial charge >= 0.3 is 0 Å². The van der Waals surface area contributed by atoms with Crippen molar-refractivity contribution in [2.24, 2.45) is 0 Å². The van der Waals surface area contributed by atoms with Crippen LogP contribution in [0, 0.1) is 0 Å². The highest BCUT2D eigenvalue weighted by molar-refractivity contribution is 5.97. The molecule has 2 aromatic heterocycles. The SMILES string of the molecule is COCc1nc2ncc3c(n2n1)CCCC3=O. The van der Waals surface area contributed by atoms with Crippen molar-refractivity contribution in [3.8, 4) is 0 Å². The van der Waals surface area contributed by atoms with Gasteiger partial charge in [0.15, 0.2) is 11.6 Å². The molecule has 0 aliphatic heterocycles. The van der Waals surface area contributed by atoms with E-state index in [1.807, 2.05) is 0 Å². The van der Waals surface area contributed by atoms with Gasteiger partial charge < -0.3 is 4.74 Å². The fraction of sp³-hybridized carbons (Fsp3) is 0.455. The molecule has 0 amide bonds. The molecule has 1 aliphatic carbocycles. The van der Waals surface area contributed by atoms with Crippen LogP contribution in [0.1, 0.15) is 34.7 Å². The molecule has 0 N–H and O–H groups in total. The molecule has 0 unspecified atom stereocenters.